The van der Waals surface area contributed by atoms with Crippen LogP contribution in [0.15, 0.2) is 30.4 Å². The summed E-state index contributed by atoms with van der Waals surface area (Å²) in [4.78, 5) is 62.3. The molecule has 2 aliphatic carbocycles. The molecule has 4 heterocycles. The number of aryl methyl sites for hydroxylation is 1. The second-order valence-electron chi connectivity index (χ2n) is 18.0. The highest BCUT2D eigenvalue weighted by atomic mass is 32.2. The second kappa shape index (κ2) is 15.7. The molecule has 1 spiro atoms. The summed E-state index contributed by atoms with van der Waals surface area (Å²) in [5.41, 5.74) is -3.69. The maximum Gasteiger partial charge on any atom is 0.437 e. The maximum atomic E-state index is 14.9. The van der Waals surface area contributed by atoms with Gasteiger partial charge in [-0.05, 0) is 95.2 Å². The summed E-state index contributed by atoms with van der Waals surface area (Å²) in [5.74, 6) is -3.79. The van der Waals surface area contributed by atoms with Gasteiger partial charge in [-0.1, -0.05) is 38.8 Å². The number of ether oxygens (including phenoxy) is 3. The largest absolute Gasteiger partial charge is 0.497 e. The lowest BCUT2D eigenvalue weighted by Crippen LogP contribution is -2.48. The van der Waals surface area contributed by atoms with Gasteiger partial charge in [0, 0.05) is 29.7 Å². The van der Waals surface area contributed by atoms with E-state index >= 15 is 0 Å². The number of methoxy groups -OCH3 is 1. The highest BCUT2D eigenvalue weighted by Gasteiger charge is 2.63. The Kier molecular flexibility index (Phi) is 11.4. The summed E-state index contributed by atoms with van der Waals surface area (Å²) >= 11 is 0. The van der Waals surface area contributed by atoms with Gasteiger partial charge in [0.25, 0.3) is 0 Å². The molecule has 7 rings (SSSR count). The van der Waals surface area contributed by atoms with Crippen molar-refractivity contribution in [2.45, 2.75) is 140 Å². The molecule has 2 saturated carbocycles. The zero-order chi connectivity index (χ0) is 42.7. The molecular formula is C43H54F3N3O9S. The van der Waals surface area contributed by atoms with E-state index in [1.165, 1.54) is 24.1 Å². The standard InChI is InChI=1S/C43H54F3N3O9S/c1-25(2)26(3)57-35(51)19-27-11-9-7-6-8-10-12-28-21-42(28,39(53)48-59(54,55)40(4)17-18-40)23-34(50)33-22-41(24-49(33)38(27)52)16-15-30-31-20-29(56-5)13-14-32(31)47-37(36(30)58-41)43(44,45)46/h10,12-14,20,25-28,33H,6-9,11,15-19,21-24H2,1-5H3,(H,48,53)/b12-10-/t26-,27+,28+,33-,41+,42+/m0/s1. The first-order chi connectivity index (χ1) is 27.7. The molecule has 0 radical (unpaired) electrons. The molecule has 2 aromatic rings. The number of nitrogens with one attached hydrogen (secondary N) is 1. The number of hydrogen-bond acceptors (Lipinski definition) is 10. The number of aromatic nitrogens is 1. The first-order valence-corrected chi connectivity index (χ1v) is 22.2. The van der Waals surface area contributed by atoms with Gasteiger partial charge < -0.3 is 19.1 Å². The normalized spacial score (nSPS) is 29.3. The third-order valence-corrected chi connectivity index (χ3v) is 15.6. The van der Waals surface area contributed by atoms with Crippen molar-refractivity contribution in [3.8, 4) is 11.5 Å². The molecule has 5 aliphatic rings. The van der Waals surface area contributed by atoms with Crippen molar-refractivity contribution in [2.75, 3.05) is 13.7 Å². The Labute approximate surface area is 343 Å². The molecule has 0 bridgehead atoms. The van der Waals surface area contributed by atoms with Crippen LogP contribution in [-0.4, -0.2) is 78.0 Å². The number of ketones is 1. The average molecular weight is 846 g/mol. The number of pyridine rings is 1. The summed E-state index contributed by atoms with van der Waals surface area (Å²) in [7, 11) is -2.60. The van der Waals surface area contributed by atoms with Gasteiger partial charge in [0.05, 0.1) is 41.8 Å². The van der Waals surface area contributed by atoms with Crippen LogP contribution in [0.1, 0.15) is 116 Å². The average Bonchev–Trinajstić information content (AvgIpc) is 4.06. The van der Waals surface area contributed by atoms with Crippen LogP contribution in [0.5, 0.6) is 11.5 Å². The third-order valence-electron chi connectivity index (χ3n) is 13.4. The number of fused-ring (bicyclic) bond motifs is 5. The Morgan fingerprint density at radius 2 is 1.83 bits per heavy atom. The van der Waals surface area contributed by atoms with Crippen molar-refractivity contribution in [3.63, 3.8) is 0 Å². The van der Waals surface area contributed by atoms with Crippen LogP contribution in [0.2, 0.25) is 0 Å². The predicted octanol–water partition coefficient (Wildman–Crippen LogP) is 7.01. The lowest BCUT2D eigenvalue weighted by atomic mass is 9.85. The Bertz CT molecular complexity index is 2170. The number of alkyl halides is 3. The van der Waals surface area contributed by atoms with E-state index < -0.39 is 97.4 Å². The minimum Gasteiger partial charge on any atom is -0.497 e. The van der Waals surface area contributed by atoms with Crippen LogP contribution in [0.3, 0.4) is 0 Å². The summed E-state index contributed by atoms with van der Waals surface area (Å²) in [5, 5.41) is 0.423. The molecule has 0 unspecified atom stereocenters. The van der Waals surface area contributed by atoms with E-state index in [4.69, 9.17) is 14.2 Å². The number of Topliss-reactive ketones (excluding diaryl/α,β-unsaturated/α-hetero) is 1. The number of sulfonamides is 1. The van der Waals surface area contributed by atoms with Crippen molar-refractivity contribution in [1.82, 2.24) is 14.6 Å². The number of esters is 1. The quantitative estimate of drug-likeness (QED) is 0.217. The Hall–Kier alpha value is -4.21. The van der Waals surface area contributed by atoms with Gasteiger partial charge >= 0.3 is 12.1 Å². The van der Waals surface area contributed by atoms with Gasteiger partial charge in [0.1, 0.15) is 17.5 Å². The predicted molar refractivity (Wildman–Crippen MR) is 211 cm³/mol. The second-order valence-corrected chi connectivity index (χ2v) is 20.2. The molecule has 2 amide bonds. The molecule has 1 aromatic heterocycles. The molecule has 1 aromatic carbocycles. The first kappa shape index (κ1) is 42.9. The Morgan fingerprint density at radius 3 is 2.51 bits per heavy atom. The fourth-order valence-corrected chi connectivity index (χ4v) is 10.2. The van der Waals surface area contributed by atoms with E-state index in [-0.39, 0.29) is 55.6 Å². The molecule has 1 N–H and O–H groups in total. The number of allylic oxidation sites excluding steroid dienone is 2. The number of amides is 2. The molecule has 16 heteroatoms. The van der Waals surface area contributed by atoms with Crippen LogP contribution in [0.25, 0.3) is 10.9 Å². The molecule has 3 aliphatic heterocycles. The number of rotatable bonds is 8. The van der Waals surface area contributed by atoms with Gasteiger partial charge in [0.15, 0.2) is 17.2 Å². The number of hydrogen-bond donors (Lipinski definition) is 1. The summed E-state index contributed by atoms with van der Waals surface area (Å²) in [6.45, 7) is 6.88. The fourth-order valence-electron chi connectivity index (χ4n) is 8.89. The number of nitrogens with zero attached hydrogens (tertiary/aromatic N) is 2. The number of benzene rings is 1. The van der Waals surface area contributed by atoms with Gasteiger partial charge in [-0.2, -0.15) is 13.2 Å². The molecule has 322 valence electrons. The third kappa shape index (κ3) is 8.43. The van der Waals surface area contributed by atoms with E-state index in [1.54, 1.807) is 19.9 Å². The number of carbonyl (C=O) groups excluding carboxylic acids is 4. The number of carbonyl (C=O) groups is 4. The van der Waals surface area contributed by atoms with Crippen LogP contribution >= 0.6 is 0 Å². The van der Waals surface area contributed by atoms with Gasteiger partial charge in [0.2, 0.25) is 21.8 Å². The fraction of sp³-hybridized carbons (Fsp3) is 0.651. The zero-order valence-electron chi connectivity index (χ0n) is 34.3. The van der Waals surface area contributed by atoms with Crippen molar-refractivity contribution in [1.29, 1.82) is 0 Å². The smallest absolute Gasteiger partial charge is 0.437 e. The van der Waals surface area contributed by atoms with Crippen LogP contribution in [-0.2, 0) is 46.5 Å². The van der Waals surface area contributed by atoms with Gasteiger partial charge in [-0.3, -0.25) is 23.9 Å². The SMILES string of the molecule is COc1ccc2nc(C(F)(F)F)c3c(c2c1)CC[C@]1(C[C@H]2C(=O)C[C@]4(C(=O)NS(=O)(=O)C5(C)CC5)C[C@H]4/C=C\CCCCC[C@H](CC(=O)O[C@@H](C)C(C)C)C(=O)N2C1)O3. The molecule has 1 saturated heterocycles. The lowest BCUT2D eigenvalue weighted by molar-refractivity contribution is -0.155. The molecule has 12 nitrogen and oxygen atoms in total. The van der Waals surface area contributed by atoms with E-state index in [9.17, 15) is 40.8 Å². The lowest BCUT2D eigenvalue weighted by Gasteiger charge is -2.37. The monoisotopic (exact) mass is 845 g/mol. The van der Waals surface area contributed by atoms with E-state index in [1.807, 2.05) is 26.0 Å². The van der Waals surface area contributed by atoms with Gasteiger partial charge in [-0.15, -0.1) is 0 Å². The van der Waals surface area contributed by atoms with Crippen LogP contribution in [0.4, 0.5) is 13.2 Å². The van der Waals surface area contributed by atoms with E-state index in [0.29, 0.717) is 43.2 Å². The van der Waals surface area contributed by atoms with Crippen molar-refractivity contribution < 1.29 is 55.0 Å². The van der Waals surface area contributed by atoms with Crippen molar-refractivity contribution >= 4 is 44.5 Å². The van der Waals surface area contributed by atoms with E-state index in [0.717, 1.165) is 12.8 Å². The topological polar surface area (TPSA) is 158 Å². The maximum absolute atomic E-state index is 14.9. The molecule has 6 atom stereocenters. The summed E-state index contributed by atoms with van der Waals surface area (Å²) < 4.78 is 89.5. The first-order valence-electron chi connectivity index (χ1n) is 20.7. The van der Waals surface area contributed by atoms with Crippen molar-refractivity contribution in [3.05, 3.63) is 41.6 Å². The highest BCUT2D eigenvalue weighted by Crippen LogP contribution is 2.58. The minimum absolute atomic E-state index is 0.0228. The van der Waals surface area contributed by atoms with Crippen LogP contribution < -0.4 is 14.2 Å². The Morgan fingerprint density at radius 1 is 1.08 bits per heavy atom. The summed E-state index contributed by atoms with van der Waals surface area (Å²) in [6.07, 6.45) is 1.91. The minimum atomic E-state index is -4.91. The Balaban J connectivity index is 1.27. The van der Waals surface area contributed by atoms with Crippen LogP contribution in [0, 0.1) is 23.2 Å². The number of halogens is 3. The van der Waals surface area contributed by atoms with E-state index in [2.05, 4.69) is 9.71 Å². The molecular weight excluding hydrogens is 792 g/mol. The molecule has 3 fully saturated rings. The summed E-state index contributed by atoms with van der Waals surface area (Å²) in [6, 6.07) is 3.34. The van der Waals surface area contributed by atoms with Gasteiger partial charge in [-0.25, -0.2) is 13.4 Å². The highest BCUT2D eigenvalue weighted by molar-refractivity contribution is 7.91. The zero-order valence-corrected chi connectivity index (χ0v) is 35.1. The van der Waals surface area contributed by atoms with Crippen molar-refractivity contribution in [2.24, 2.45) is 23.2 Å². The molecule has 59 heavy (non-hydrogen) atoms.